The Hall–Kier alpha value is 0.110. The van der Waals surface area contributed by atoms with E-state index in [0.717, 1.165) is 0 Å². The SMILES string of the molecule is C#CCOCC(COCC=C)OP(O)(O)(Cl)Cl. The summed E-state index contributed by atoms with van der Waals surface area (Å²) in [6.45, 7) is 3.76. The van der Waals surface area contributed by atoms with Crippen LogP contribution in [0, 0.1) is 12.3 Å². The van der Waals surface area contributed by atoms with Gasteiger partial charge in [0.1, 0.15) is 0 Å². The molecule has 0 bridgehead atoms. The Labute approximate surface area is 110 Å². The van der Waals surface area contributed by atoms with Gasteiger partial charge in [0, 0.05) is 0 Å². The normalized spacial score (nSPS) is 15.6. The summed E-state index contributed by atoms with van der Waals surface area (Å²) in [5, 5.41) is 0. The van der Waals surface area contributed by atoms with E-state index in [1.807, 2.05) is 0 Å². The molecule has 2 N–H and O–H groups in total. The monoisotopic (exact) mass is 304 g/mol. The maximum atomic E-state index is 9.19. The van der Waals surface area contributed by atoms with E-state index < -0.39 is 12.1 Å². The van der Waals surface area contributed by atoms with E-state index in [1.54, 1.807) is 0 Å². The summed E-state index contributed by atoms with van der Waals surface area (Å²) in [6, 6.07) is 0. The fourth-order valence-corrected chi connectivity index (χ4v) is 2.18. The van der Waals surface area contributed by atoms with Crippen LogP contribution in [0.5, 0.6) is 0 Å². The molecule has 0 saturated carbocycles. The first-order chi connectivity index (χ1) is 7.74. The molecule has 8 heteroatoms. The molecule has 0 aromatic heterocycles. The van der Waals surface area contributed by atoms with E-state index >= 15 is 0 Å². The van der Waals surface area contributed by atoms with Gasteiger partial charge in [0.25, 0.3) is 0 Å². The van der Waals surface area contributed by atoms with Crippen molar-refractivity contribution in [2.45, 2.75) is 6.10 Å². The molecular weight excluding hydrogens is 290 g/mol. The van der Waals surface area contributed by atoms with Crippen LogP contribution in [0.1, 0.15) is 0 Å². The molecule has 100 valence electrons. The summed E-state index contributed by atoms with van der Waals surface area (Å²) >= 11 is 10.4. The van der Waals surface area contributed by atoms with E-state index in [1.165, 1.54) is 6.08 Å². The Kier molecular flexibility index (Phi) is 7.57. The third-order valence-corrected chi connectivity index (χ3v) is 2.48. The quantitative estimate of drug-likeness (QED) is 0.294. The van der Waals surface area contributed by atoms with E-state index in [0.29, 0.717) is 0 Å². The van der Waals surface area contributed by atoms with Crippen molar-refractivity contribution in [1.29, 1.82) is 0 Å². The summed E-state index contributed by atoms with van der Waals surface area (Å²) < 4.78 is 14.8. The zero-order valence-electron chi connectivity index (χ0n) is 9.09. The molecule has 0 radical (unpaired) electrons. The minimum atomic E-state index is -5.09. The van der Waals surface area contributed by atoms with Gasteiger partial charge in [0.05, 0.1) is 0 Å². The molecule has 0 rings (SSSR count). The van der Waals surface area contributed by atoms with Gasteiger partial charge in [-0.25, -0.2) is 0 Å². The number of terminal acetylenes is 1. The number of rotatable bonds is 9. The molecule has 1 atom stereocenters. The van der Waals surface area contributed by atoms with E-state index in [9.17, 15) is 9.79 Å². The second kappa shape index (κ2) is 7.52. The zero-order valence-corrected chi connectivity index (χ0v) is 11.5. The van der Waals surface area contributed by atoms with E-state index in [4.69, 9.17) is 42.9 Å². The van der Waals surface area contributed by atoms with Crippen molar-refractivity contribution in [3.05, 3.63) is 12.7 Å². The van der Waals surface area contributed by atoms with Crippen molar-refractivity contribution in [3.8, 4) is 12.3 Å². The molecule has 0 aromatic carbocycles. The van der Waals surface area contributed by atoms with Crippen LogP contribution >= 0.6 is 28.5 Å². The average Bonchev–Trinajstić information content (AvgIpc) is 2.15. The van der Waals surface area contributed by atoms with Gasteiger partial charge in [0.2, 0.25) is 0 Å². The number of halogens is 2. The molecule has 17 heavy (non-hydrogen) atoms. The third kappa shape index (κ3) is 12.4. The maximum absolute atomic E-state index is 9.19. The van der Waals surface area contributed by atoms with Crippen molar-refractivity contribution in [3.63, 3.8) is 0 Å². The standard InChI is InChI=1S/C9H15Cl2O5P/c1-3-5-14-7-9(8-15-6-4-2)16-17(10,11,12)13/h1,4,9,12-13H,2,5-8H2. The second-order valence-corrected chi connectivity index (χ2v) is 8.93. The molecule has 0 heterocycles. The zero-order chi connectivity index (χ0) is 13.4. The van der Waals surface area contributed by atoms with Gasteiger partial charge in [-0.05, 0) is 0 Å². The summed E-state index contributed by atoms with van der Waals surface area (Å²) in [5.74, 6) is -2.85. The Morgan fingerprint density at radius 2 is 1.94 bits per heavy atom. The summed E-state index contributed by atoms with van der Waals surface area (Å²) in [7, 11) is 0. The van der Waals surface area contributed by atoms with Crippen molar-refractivity contribution < 1.29 is 23.8 Å². The van der Waals surface area contributed by atoms with Crippen molar-refractivity contribution in [2.24, 2.45) is 0 Å². The van der Waals surface area contributed by atoms with E-state index in [2.05, 4.69) is 12.5 Å². The first-order valence-corrected chi connectivity index (χ1v) is 8.46. The summed E-state index contributed by atoms with van der Waals surface area (Å²) in [5.41, 5.74) is 0. The van der Waals surface area contributed by atoms with Gasteiger partial charge in [-0.1, -0.05) is 0 Å². The molecule has 0 spiro atoms. The first-order valence-electron chi connectivity index (χ1n) is 4.59. The Bertz CT molecular complexity index is 274. The first kappa shape index (κ1) is 17.1. The third-order valence-electron chi connectivity index (χ3n) is 1.35. The van der Waals surface area contributed by atoms with Crippen LogP contribution in [-0.2, 0) is 14.0 Å². The summed E-state index contributed by atoms with van der Waals surface area (Å²) in [6.07, 6.45) is 5.67. The van der Waals surface area contributed by atoms with Crippen LogP contribution in [0.4, 0.5) is 0 Å². The van der Waals surface area contributed by atoms with Crippen molar-refractivity contribution in [2.75, 3.05) is 26.4 Å². The van der Waals surface area contributed by atoms with Crippen molar-refractivity contribution >= 4 is 28.5 Å². The minimum absolute atomic E-state index is 0.00898. The van der Waals surface area contributed by atoms with Crippen LogP contribution in [-0.4, -0.2) is 42.3 Å². The van der Waals surface area contributed by atoms with Crippen LogP contribution in [0.2, 0.25) is 0 Å². The molecular formula is C9H15Cl2O5P. The number of hydrogen-bond acceptors (Lipinski definition) is 5. The number of ether oxygens (including phenoxy) is 2. The average molecular weight is 305 g/mol. The molecule has 0 aliphatic rings. The van der Waals surface area contributed by atoms with E-state index in [-0.39, 0.29) is 26.4 Å². The van der Waals surface area contributed by atoms with Gasteiger partial charge in [-0.15, -0.1) is 0 Å². The Balaban J connectivity index is 4.20. The van der Waals surface area contributed by atoms with Gasteiger partial charge >= 0.3 is 110 Å². The van der Waals surface area contributed by atoms with Crippen LogP contribution in [0.25, 0.3) is 0 Å². The van der Waals surface area contributed by atoms with Crippen LogP contribution in [0.3, 0.4) is 0 Å². The molecule has 0 aliphatic carbocycles. The predicted octanol–water partition coefficient (Wildman–Crippen LogP) is 1.81. The fourth-order valence-electron chi connectivity index (χ4n) is 0.887. The molecule has 0 saturated heterocycles. The fraction of sp³-hybridized carbons (Fsp3) is 0.556. The Morgan fingerprint density at radius 3 is 2.41 bits per heavy atom. The summed E-state index contributed by atoms with van der Waals surface area (Å²) in [4.78, 5) is 18.4. The molecule has 0 aliphatic heterocycles. The van der Waals surface area contributed by atoms with Gasteiger partial charge in [0.15, 0.2) is 0 Å². The Morgan fingerprint density at radius 1 is 1.35 bits per heavy atom. The number of hydrogen-bond donors (Lipinski definition) is 2. The van der Waals surface area contributed by atoms with Gasteiger partial charge < -0.3 is 0 Å². The van der Waals surface area contributed by atoms with Gasteiger partial charge in [-0.3, -0.25) is 0 Å². The van der Waals surface area contributed by atoms with Crippen LogP contribution < -0.4 is 0 Å². The molecule has 0 fully saturated rings. The predicted molar refractivity (Wildman–Crippen MR) is 68.6 cm³/mol. The van der Waals surface area contributed by atoms with Gasteiger partial charge in [-0.2, -0.15) is 0 Å². The molecule has 0 aromatic rings. The topological polar surface area (TPSA) is 68.2 Å². The van der Waals surface area contributed by atoms with Crippen LogP contribution in [0.15, 0.2) is 12.7 Å². The molecule has 5 nitrogen and oxygen atoms in total. The molecule has 1 unspecified atom stereocenters. The molecule has 0 amide bonds. The van der Waals surface area contributed by atoms with Crippen molar-refractivity contribution in [1.82, 2.24) is 0 Å². The second-order valence-electron chi connectivity index (χ2n) is 3.03.